The summed E-state index contributed by atoms with van der Waals surface area (Å²) in [6.45, 7) is 0. The Hall–Kier alpha value is -0.530. The summed E-state index contributed by atoms with van der Waals surface area (Å²) in [5.41, 5.74) is 1.19. The Morgan fingerprint density at radius 1 is 1.12 bits per heavy atom. The Morgan fingerprint density at radius 3 is 2.38 bits per heavy atom. The fourth-order valence-corrected chi connectivity index (χ4v) is 3.23. The Bertz CT molecular complexity index is 363. The first-order chi connectivity index (χ1) is 7.72. The van der Waals surface area contributed by atoms with Crippen LogP contribution >= 0.6 is 11.6 Å². The molecule has 16 heavy (non-hydrogen) atoms. The minimum Gasteiger partial charge on any atom is -0.392 e. The zero-order valence-electron chi connectivity index (χ0n) is 9.27. The largest absolute Gasteiger partial charge is 0.392 e. The number of fused-ring (bicyclic) bond motifs is 1. The monoisotopic (exact) mass is 236 g/mol. The molecule has 0 aromatic heterocycles. The van der Waals surface area contributed by atoms with E-state index in [1.165, 1.54) is 24.8 Å². The normalized spacial score (nSPS) is 33.5. The Kier molecular flexibility index (Phi) is 2.68. The smallest absolute Gasteiger partial charge is 0.0608 e. The van der Waals surface area contributed by atoms with Gasteiger partial charge in [-0.25, -0.2) is 0 Å². The summed E-state index contributed by atoms with van der Waals surface area (Å²) in [6, 6.07) is 7.83. The van der Waals surface area contributed by atoms with E-state index in [9.17, 15) is 5.11 Å². The predicted molar refractivity (Wildman–Crippen MR) is 65.5 cm³/mol. The molecule has 2 heteroatoms. The predicted octanol–water partition coefficient (Wildman–Crippen LogP) is 3.29. The van der Waals surface area contributed by atoms with E-state index >= 15 is 0 Å². The van der Waals surface area contributed by atoms with Crippen LogP contribution in [0.5, 0.6) is 0 Å². The van der Waals surface area contributed by atoms with Gasteiger partial charge < -0.3 is 5.11 Å². The Balaban J connectivity index is 1.59. The lowest BCUT2D eigenvalue weighted by Gasteiger charge is -2.19. The molecule has 3 unspecified atom stereocenters. The highest BCUT2D eigenvalue weighted by molar-refractivity contribution is 6.30. The first-order valence-electron chi connectivity index (χ1n) is 6.15. The molecule has 2 aliphatic rings. The van der Waals surface area contributed by atoms with Gasteiger partial charge in [-0.05, 0) is 61.1 Å². The Morgan fingerprint density at radius 2 is 1.75 bits per heavy atom. The summed E-state index contributed by atoms with van der Waals surface area (Å²) >= 11 is 5.84. The molecule has 0 spiro atoms. The number of benzene rings is 1. The summed E-state index contributed by atoms with van der Waals surface area (Å²) in [4.78, 5) is 0. The molecule has 3 atom stereocenters. The number of hydrogen-bond acceptors (Lipinski definition) is 1. The second kappa shape index (κ2) is 4.05. The summed E-state index contributed by atoms with van der Waals surface area (Å²) in [5.74, 6) is 2.44. The molecule has 0 heterocycles. The molecule has 0 bridgehead atoms. The van der Waals surface area contributed by atoms with Gasteiger partial charge in [-0.15, -0.1) is 0 Å². The van der Waals surface area contributed by atoms with Crippen LogP contribution in [-0.2, 0) is 6.42 Å². The van der Waals surface area contributed by atoms with Crippen molar-refractivity contribution in [2.24, 2.45) is 17.8 Å². The molecule has 0 amide bonds. The van der Waals surface area contributed by atoms with Crippen molar-refractivity contribution in [1.82, 2.24) is 0 Å². The zero-order chi connectivity index (χ0) is 11.1. The van der Waals surface area contributed by atoms with Crippen LogP contribution in [0, 0.1) is 17.8 Å². The number of aliphatic hydroxyl groups excluding tert-OH is 1. The minimum absolute atomic E-state index is 0.158. The average Bonchev–Trinajstić information content (AvgIpc) is 2.89. The van der Waals surface area contributed by atoms with Crippen molar-refractivity contribution >= 4 is 11.6 Å². The minimum atomic E-state index is -0.158. The maximum absolute atomic E-state index is 10.2. The number of rotatable bonds is 3. The fourth-order valence-electron chi connectivity index (χ4n) is 3.10. The highest BCUT2D eigenvalue weighted by Gasteiger charge is 2.47. The van der Waals surface area contributed by atoms with Gasteiger partial charge in [-0.3, -0.25) is 0 Å². The molecule has 1 aromatic carbocycles. The molecule has 2 aliphatic carbocycles. The van der Waals surface area contributed by atoms with Gasteiger partial charge in [0.1, 0.15) is 0 Å². The van der Waals surface area contributed by atoms with Crippen molar-refractivity contribution in [1.29, 1.82) is 0 Å². The van der Waals surface area contributed by atoms with E-state index in [0.717, 1.165) is 23.3 Å². The topological polar surface area (TPSA) is 20.2 Å². The van der Waals surface area contributed by atoms with Crippen LogP contribution in [0.3, 0.4) is 0 Å². The van der Waals surface area contributed by atoms with E-state index < -0.39 is 0 Å². The molecule has 1 N–H and O–H groups in total. The maximum Gasteiger partial charge on any atom is 0.0608 e. The highest BCUT2D eigenvalue weighted by Crippen LogP contribution is 2.55. The molecule has 86 valence electrons. The molecular formula is C14H17ClO. The Labute approximate surface area is 101 Å². The SMILES string of the molecule is OC(Cc1ccc(Cl)cc1)C1CC2CC2C1. The van der Waals surface area contributed by atoms with Gasteiger partial charge in [0, 0.05) is 5.02 Å². The lowest BCUT2D eigenvalue weighted by molar-refractivity contribution is 0.104. The van der Waals surface area contributed by atoms with Crippen LogP contribution in [0.15, 0.2) is 24.3 Å². The van der Waals surface area contributed by atoms with Crippen molar-refractivity contribution in [3.05, 3.63) is 34.9 Å². The van der Waals surface area contributed by atoms with Crippen molar-refractivity contribution in [3.8, 4) is 0 Å². The van der Waals surface area contributed by atoms with E-state index in [1.54, 1.807) is 0 Å². The van der Waals surface area contributed by atoms with Gasteiger partial charge in [0.2, 0.25) is 0 Å². The van der Waals surface area contributed by atoms with Crippen molar-refractivity contribution in [2.75, 3.05) is 0 Å². The van der Waals surface area contributed by atoms with Crippen molar-refractivity contribution < 1.29 is 5.11 Å². The molecule has 3 rings (SSSR count). The highest BCUT2D eigenvalue weighted by atomic mass is 35.5. The third-order valence-corrected chi connectivity index (χ3v) is 4.43. The number of halogens is 1. The van der Waals surface area contributed by atoms with E-state index in [-0.39, 0.29) is 6.10 Å². The van der Waals surface area contributed by atoms with Crippen molar-refractivity contribution in [2.45, 2.75) is 31.8 Å². The quantitative estimate of drug-likeness (QED) is 0.854. The van der Waals surface area contributed by atoms with Gasteiger partial charge in [-0.1, -0.05) is 23.7 Å². The van der Waals surface area contributed by atoms with Crippen LogP contribution < -0.4 is 0 Å². The third-order valence-electron chi connectivity index (χ3n) is 4.18. The average molecular weight is 237 g/mol. The summed E-state index contributed by atoms with van der Waals surface area (Å²) in [5, 5.41) is 10.9. The molecule has 0 aliphatic heterocycles. The van der Waals surface area contributed by atoms with E-state index in [1.807, 2.05) is 24.3 Å². The van der Waals surface area contributed by atoms with Gasteiger partial charge in [0.15, 0.2) is 0 Å². The molecule has 2 fully saturated rings. The van der Waals surface area contributed by atoms with Gasteiger partial charge in [-0.2, -0.15) is 0 Å². The second-order valence-electron chi connectivity index (χ2n) is 5.39. The summed E-state index contributed by atoms with van der Waals surface area (Å²) in [6.07, 6.45) is 4.54. The van der Waals surface area contributed by atoms with Crippen LogP contribution in [0.1, 0.15) is 24.8 Å². The first kappa shape index (κ1) is 10.6. The molecule has 1 aromatic rings. The number of aliphatic hydroxyl groups is 1. The lowest BCUT2D eigenvalue weighted by atomic mass is 9.92. The molecule has 1 nitrogen and oxygen atoms in total. The molecule has 2 saturated carbocycles. The summed E-state index contributed by atoms with van der Waals surface area (Å²) < 4.78 is 0. The standard InChI is InChI=1S/C14H17ClO/c15-13-3-1-9(2-4-13)5-14(16)12-7-10-6-11(10)8-12/h1-4,10-12,14,16H,5-8H2. The van der Waals surface area contributed by atoms with Crippen LogP contribution in [0.4, 0.5) is 0 Å². The van der Waals surface area contributed by atoms with E-state index in [2.05, 4.69) is 0 Å². The fraction of sp³-hybridized carbons (Fsp3) is 0.571. The van der Waals surface area contributed by atoms with Gasteiger partial charge in [0.25, 0.3) is 0 Å². The second-order valence-corrected chi connectivity index (χ2v) is 5.82. The van der Waals surface area contributed by atoms with E-state index in [4.69, 9.17) is 11.6 Å². The zero-order valence-corrected chi connectivity index (χ0v) is 10.0. The molecular weight excluding hydrogens is 220 g/mol. The number of hydrogen-bond donors (Lipinski definition) is 1. The first-order valence-corrected chi connectivity index (χ1v) is 6.52. The summed E-state index contributed by atoms with van der Waals surface area (Å²) in [7, 11) is 0. The molecule has 0 radical (unpaired) electrons. The van der Waals surface area contributed by atoms with Crippen molar-refractivity contribution in [3.63, 3.8) is 0 Å². The van der Waals surface area contributed by atoms with Gasteiger partial charge in [0.05, 0.1) is 6.10 Å². The van der Waals surface area contributed by atoms with Crippen LogP contribution in [0.2, 0.25) is 5.02 Å². The molecule has 0 saturated heterocycles. The van der Waals surface area contributed by atoms with E-state index in [0.29, 0.717) is 5.92 Å². The maximum atomic E-state index is 10.2. The van der Waals surface area contributed by atoms with Crippen LogP contribution in [-0.4, -0.2) is 11.2 Å². The third kappa shape index (κ3) is 2.11. The lowest BCUT2D eigenvalue weighted by Crippen LogP contribution is -2.21. The van der Waals surface area contributed by atoms with Crippen LogP contribution in [0.25, 0.3) is 0 Å². The van der Waals surface area contributed by atoms with Gasteiger partial charge >= 0.3 is 0 Å².